The van der Waals surface area contributed by atoms with Gasteiger partial charge in [0.05, 0.1) is 39.2 Å². The maximum atomic E-state index is 13.6. The molecule has 0 saturated carbocycles. The normalized spacial score (nSPS) is 15.0. The average molecular weight is 494 g/mol. The van der Waals surface area contributed by atoms with Crippen LogP contribution in [0.1, 0.15) is 45.0 Å². The van der Waals surface area contributed by atoms with Crippen LogP contribution < -0.4 is 10.3 Å². The highest BCUT2D eigenvalue weighted by Crippen LogP contribution is 2.42. The van der Waals surface area contributed by atoms with Crippen molar-refractivity contribution in [3.63, 3.8) is 0 Å². The van der Waals surface area contributed by atoms with Crippen LogP contribution in [0.5, 0.6) is 0 Å². The number of carbonyl (C=O) groups excluding carboxylic acids is 2. The Morgan fingerprint density at radius 1 is 1.00 bits per heavy atom. The fourth-order valence-electron chi connectivity index (χ4n) is 4.16. The predicted octanol–water partition coefficient (Wildman–Crippen LogP) is 6.03. The zero-order valence-corrected chi connectivity index (χ0v) is 19.4. The molecule has 170 valence electrons. The zero-order chi connectivity index (χ0) is 24.0. The Balaban J connectivity index is 1.71. The molecule has 0 fully saturated rings. The second-order valence-electron chi connectivity index (χ2n) is 7.69. The van der Waals surface area contributed by atoms with Crippen LogP contribution in [0, 0.1) is 0 Å². The maximum Gasteiger partial charge on any atom is 0.338 e. The zero-order valence-electron chi connectivity index (χ0n) is 17.9. The van der Waals surface area contributed by atoms with Gasteiger partial charge in [0.15, 0.2) is 5.43 Å². The van der Waals surface area contributed by atoms with E-state index < -0.39 is 17.9 Å². The fraction of sp³-hybridized carbons (Fsp3) is 0.115. The quantitative estimate of drug-likeness (QED) is 0.324. The van der Waals surface area contributed by atoms with Crippen molar-refractivity contribution < 1.29 is 18.7 Å². The Bertz CT molecular complexity index is 1510. The van der Waals surface area contributed by atoms with Crippen LogP contribution in [0.15, 0.2) is 75.9 Å². The van der Waals surface area contributed by atoms with E-state index in [4.69, 9.17) is 32.4 Å². The van der Waals surface area contributed by atoms with E-state index >= 15 is 0 Å². The summed E-state index contributed by atoms with van der Waals surface area (Å²) in [4.78, 5) is 40.7. The van der Waals surface area contributed by atoms with Gasteiger partial charge in [-0.3, -0.25) is 14.5 Å². The minimum absolute atomic E-state index is 0.0331. The molecule has 0 radical (unpaired) electrons. The summed E-state index contributed by atoms with van der Waals surface area (Å²) in [5.41, 5.74) is 1.67. The lowest BCUT2D eigenvalue weighted by atomic mass is 9.98. The predicted molar refractivity (Wildman–Crippen MR) is 130 cm³/mol. The first-order chi connectivity index (χ1) is 16.4. The monoisotopic (exact) mass is 493 g/mol. The summed E-state index contributed by atoms with van der Waals surface area (Å²) in [6, 6.07) is 17.4. The second kappa shape index (κ2) is 8.63. The Hall–Kier alpha value is -3.61. The van der Waals surface area contributed by atoms with Gasteiger partial charge in [0.1, 0.15) is 5.58 Å². The lowest BCUT2D eigenvalue weighted by Crippen LogP contribution is -2.29. The molecular formula is C26H17Cl2NO5. The smallest absolute Gasteiger partial charge is 0.338 e. The van der Waals surface area contributed by atoms with Crippen LogP contribution in [0.3, 0.4) is 0 Å². The van der Waals surface area contributed by atoms with E-state index in [-0.39, 0.29) is 23.4 Å². The van der Waals surface area contributed by atoms with E-state index in [0.29, 0.717) is 37.8 Å². The Morgan fingerprint density at radius 2 is 1.74 bits per heavy atom. The molecule has 1 amide bonds. The minimum atomic E-state index is -0.799. The largest absolute Gasteiger partial charge is 0.462 e. The van der Waals surface area contributed by atoms with Crippen molar-refractivity contribution in [3.05, 3.63) is 109 Å². The van der Waals surface area contributed by atoms with Gasteiger partial charge in [0.25, 0.3) is 5.91 Å². The van der Waals surface area contributed by atoms with E-state index in [2.05, 4.69) is 0 Å². The lowest BCUT2D eigenvalue weighted by Gasteiger charge is -2.25. The minimum Gasteiger partial charge on any atom is -0.462 e. The molecule has 0 aliphatic carbocycles. The van der Waals surface area contributed by atoms with E-state index in [1.807, 2.05) is 0 Å². The molecule has 1 unspecified atom stereocenters. The van der Waals surface area contributed by atoms with Crippen LogP contribution in [0.4, 0.5) is 5.69 Å². The summed E-state index contributed by atoms with van der Waals surface area (Å²) < 4.78 is 11.0. The summed E-state index contributed by atoms with van der Waals surface area (Å²) in [6.07, 6.45) is 0. The number of esters is 1. The number of nitrogens with zero attached hydrogens (tertiary/aromatic N) is 1. The van der Waals surface area contributed by atoms with Crippen molar-refractivity contribution in [1.29, 1.82) is 0 Å². The van der Waals surface area contributed by atoms with Crippen LogP contribution >= 0.6 is 23.2 Å². The van der Waals surface area contributed by atoms with Crippen molar-refractivity contribution in [1.82, 2.24) is 0 Å². The number of hydrogen-bond acceptors (Lipinski definition) is 5. The molecule has 4 aromatic rings. The van der Waals surface area contributed by atoms with Crippen molar-refractivity contribution >= 4 is 51.7 Å². The van der Waals surface area contributed by atoms with Crippen LogP contribution in [0.25, 0.3) is 11.0 Å². The first-order valence-electron chi connectivity index (χ1n) is 10.5. The maximum absolute atomic E-state index is 13.6. The van der Waals surface area contributed by atoms with Gasteiger partial charge >= 0.3 is 5.97 Å². The highest BCUT2D eigenvalue weighted by molar-refractivity contribution is 6.42. The third kappa shape index (κ3) is 3.56. The standard InChI is InChI=1S/C26H17Cl2NO5/c1-2-33-26(32)14-7-10-16(11-8-14)29-22(15-9-12-18(27)19(28)13-15)21-23(30)17-5-3-4-6-20(17)34-24(21)25(29)31/h3-13,22H,2H2,1H3. The summed E-state index contributed by atoms with van der Waals surface area (Å²) in [7, 11) is 0. The first-order valence-corrected chi connectivity index (χ1v) is 11.3. The van der Waals surface area contributed by atoms with E-state index in [1.54, 1.807) is 73.7 Å². The van der Waals surface area contributed by atoms with Crippen LogP contribution in [-0.4, -0.2) is 18.5 Å². The van der Waals surface area contributed by atoms with Gasteiger partial charge in [-0.15, -0.1) is 0 Å². The third-order valence-corrected chi connectivity index (χ3v) is 6.43. The molecule has 0 spiro atoms. The number of hydrogen-bond donors (Lipinski definition) is 0. The van der Waals surface area contributed by atoms with Gasteiger partial charge in [0.2, 0.25) is 5.76 Å². The Labute approximate surface area is 204 Å². The number of rotatable bonds is 4. The highest BCUT2D eigenvalue weighted by atomic mass is 35.5. The third-order valence-electron chi connectivity index (χ3n) is 5.69. The molecule has 5 rings (SSSR count). The van der Waals surface area contributed by atoms with Crippen molar-refractivity contribution in [2.75, 3.05) is 11.5 Å². The molecule has 34 heavy (non-hydrogen) atoms. The number of carbonyl (C=O) groups is 2. The summed E-state index contributed by atoms with van der Waals surface area (Å²) in [6.45, 7) is 1.98. The van der Waals surface area contributed by atoms with Gasteiger partial charge in [-0.05, 0) is 61.0 Å². The summed E-state index contributed by atoms with van der Waals surface area (Å²) in [5, 5.41) is 1.02. The molecule has 1 aliphatic rings. The average Bonchev–Trinajstić information content (AvgIpc) is 3.14. The summed E-state index contributed by atoms with van der Waals surface area (Å²) >= 11 is 12.4. The van der Waals surface area contributed by atoms with Crippen LogP contribution in [0.2, 0.25) is 10.0 Å². The van der Waals surface area contributed by atoms with E-state index in [1.165, 1.54) is 4.90 Å². The lowest BCUT2D eigenvalue weighted by molar-refractivity contribution is 0.0526. The van der Waals surface area contributed by atoms with Crippen molar-refractivity contribution in [2.45, 2.75) is 13.0 Å². The molecule has 0 saturated heterocycles. The number of amides is 1. The van der Waals surface area contributed by atoms with Crippen molar-refractivity contribution in [2.24, 2.45) is 0 Å². The highest BCUT2D eigenvalue weighted by Gasteiger charge is 2.43. The Morgan fingerprint density at radius 3 is 2.44 bits per heavy atom. The Kier molecular flexibility index (Phi) is 5.63. The van der Waals surface area contributed by atoms with Crippen molar-refractivity contribution in [3.8, 4) is 0 Å². The number of anilines is 1. The molecule has 3 aromatic carbocycles. The molecule has 1 atom stereocenters. The molecule has 0 N–H and O–H groups in total. The van der Waals surface area contributed by atoms with Gasteiger partial charge in [0, 0.05) is 5.69 Å². The summed E-state index contributed by atoms with van der Waals surface area (Å²) in [5.74, 6) is -0.971. The number of benzene rings is 3. The van der Waals surface area contributed by atoms with E-state index in [0.717, 1.165) is 0 Å². The van der Waals surface area contributed by atoms with E-state index in [9.17, 15) is 14.4 Å². The number of ether oxygens (including phenoxy) is 1. The SMILES string of the molecule is CCOC(=O)c1ccc(N2C(=O)c3oc4ccccc4c(=O)c3C2c2ccc(Cl)c(Cl)c2)cc1. The molecule has 1 aliphatic heterocycles. The molecule has 8 heteroatoms. The first kappa shape index (κ1) is 22.2. The fourth-order valence-corrected chi connectivity index (χ4v) is 4.46. The van der Waals surface area contributed by atoms with Gasteiger partial charge in [-0.1, -0.05) is 41.4 Å². The van der Waals surface area contributed by atoms with Gasteiger partial charge in [-0.2, -0.15) is 0 Å². The molecule has 2 heterocycles. The van der Waals surface area contributed by atoms with Gasteiger partial charge in [-0.25, -0.2) is 4.79 Å². The molecule has 6 nitrogen and oxygen atoms in total. The topological polar surface area (TPSA) is 76.8 Å². The molecular weight excluding hydrogens is 477 g/mol. The molecule has 1 aromatic heterocycles. The van der Waals surface area contributed by atoms with Gasteiger partial charge < -0.3 is 9.15 Å². The number of halogens is 2. The second-order valence-corrected chi connectivity index (χ2v) is 8.50. The molecule has 0 bridgehead atoms. The van der Waals surface area contributed by atoms with Crippen LogP contribution in [-0.2, 0) is 4.74 Å². The number of fused-ring (bicyclic) bond motifs is 2. The number of para-hydroxylation sites is 1.